The summed E-state index contributed by atoms with van der Waals surface area (Å²) in [6.07, 6.45) is 3.43. The molecule has 18 heavy (non-hydrogen) atoms. The zero-order chi connectivity index (χ0) is 12.5. The normalized spacial score (nSPS) is 10.7. The largest absolute Gasteiger partial charge is 0.384 e. The minimum Gasteiger partial charge on any atom is -0.384 e. The maximum Gasteiger partial charge on any atom is 0.126 e. The van der Waals surface area contributed by atoms with Gasteiger partial charge in [0.25, 0.3) is 0 Å². The lowest BCUT2D eigenvalue weighted by molar-refractivity contribution is 0.746. The van der Waals surface area contributed by atoms with Crippen molar-refractivity contribution in [1.82, 2.24) is 25.2 Å². The van der Waals surface area contributed by atoms with Crippen LogP contribution in [0.5, 0.6) is 0 Å². The third-order valence-corrected chi connectivity index (χ3v) is 2.68. The Balaban J connectivity index is 1.97. The molecule has 0 saturated heterocycles. The Kier molecular flexibility index (Phi) is 2.33. The Labute approximate surface area is 103 Å². The summed E-state index contributed by atoms with van der Waals surface area (Å²) in [5.41, 5.74) is 9.48. The quantitative estimate of drug-likeness (QED) is 0.711. The summed E-state index contributed by atoms with van der Waals surface area (Å²) in [7, 11) is 0. The van der Waals surface area contributed by atoms with Crippen LogP contribution in [-0.2, 0) is 0 Å². The van der Waals surface area contributed by atoms with E-state index in [1.165, 1.54) is 0 Å². The Morgan fingerprint density at radius 3 is 2.50 bits per heavy atom. The topological polar surface area (TPSA) is 85.4 Å². The van der Waals surface area contributed by atoms with Gasteiger partial charge in [-0.25, -0.2) is 0 Å². The molecular formula is C12H12N6. The van der Waals surface area contributed by atoms with Crippen molar-refractivity contribution in [3.63, 3.8) is 0 Å². The molecule has 0 aliphatic heterocycles. The van der Waals surface area contributed by atoms with Crippen molar-refractivity contribution in [2.45, 2.75) is 6.92 Å². The number of H-pyrrole nitrogens is 1. The van der Waals surface area contributed by atoms with E-state index < -0.39 is 0 Å². The van der Waals surface area contributed by atoms with Crippen molar-refractivity contribution in [2.75, 3.05) is 5.73 Å². The van der Waals surface area contributed by atoms with Gasteiger partial charge >= 0.3 is 0 Å². The lowest BCUT2D eigenvalue weighted by atomic mass is 10.1. The monoisotopic (exact) mass is 240 g/mol. The van der Waals surface area contributed by atoms with E-state index in [9.17, 15) is 0 Å². The second-order valence-corrected chi connectivity index (χ2v) is 4.02. The van der Waals surface area contributed by atoms with Crippen LogP contribution in [0.25, 0.3) is 16.8 Å². The highest BCUT2D eigenvalue weighted by Gasteiger charge is 2.05. The molecule has 0 aliphatic rings. The molecule has 0 fully saturated rings. The van der Waals surface area contributed by atoms with Gasteiger partial charge in [-0.1, -0.05) is 12.1 Å². The molecule has 0 unspecified atom stereocenters. The van der Waals surface area contributed by atoms with Gasteiger partial charge in [-0.3, -0.25) is 5.10 Å². The SMILES string of the molecule is Cc1cnn(-c2ccc(-c3cn[nH]c3N)cc2)n1. The number of hydrogen-bond acceptors (Lipinski definition) is 4. The number of rotatable bonds is 2. The van der Waals surface area contributed by atoms with Crippen molar-refractivity contribution >= 4 is 5.82 Å². The van der Waals surface area contributed by atoms with E-state index >= 15 is 0 Å². The fourth-order valence-electron chi connectivity index (χ4n) is 1.76. The smallest absolute Gasteiger partial charge is 0.126 e. The van der Waals surface area contributed by atoms with Crippen molar-refractivity contribution in [3.8, 4) is 16.8 Å². The molecule has 0 atom stereocenters. The average Bonchev–Trinajstić information content (AvgIpc) is 2.98. The van der Waals surface area contributed by atoms with E-state index in [4.69, 9.17) is 5.73 Å². The molecule has 6 nitrogen and oxygen atoms in total. The fraction of sp³-hybridized carbons (Fsp3) is 0.0833. The molecule has 3 aromatic rings. The molecule has 0 bridgehead atoms. The zero-order valence-corrected chi connectivity index (χ0v) is 9.83. The third-order valence-electron chi connectivity index (χ3n) is 2.68. The number of benzene rings is 1. The van der Waals surface area contributed by atoms with Crippen molar-refractivity contribution in [3.05, 3.63) is 42.4 Å². The summed E-state index contributed by atoms with van der Waals surface area (Å²) in [6.45, 7) is 1.91. The number of nitrogens with one attached hydrogen (secondary N) is 1. The molecule has 0 saturated carbocycles. The van der Waals surface area contributed by atoms with Crippen molar-refractivity contribution in [1.29, 1.82) is 0 Å². The maximum atomic E-state index is 5.78. The number of aromatic nitrogens is 5. The van der Waals surface area contributed by atoms with E-state index in [-0.39, 0.29) is 0 Å². The Hall–Kier alpha value is -2.63. The molecule has 0 aliphatic carbocycles. The molecule has 6 heteroatoms. The third kappa shape index (κ3) is 1.73. The summed E-state index contributed by atoms with van der Waals surface area (Å²) >= 11 is 0. The number of nitrogens with zero attached hydrogens (tertiary/aromatic N) is 4. The second-order valence-electron chi connectivity index (χ2n) is 4.02. The lowest BCUT2D eigenvalue weighted by Gasteiger charge is -2.02. The first kappa shape index (κ1) is 10.5. The van der Waals surface area contributed by atoms with Gasteiger partial charge in [-0.15, -0.1) is 0 Å². The summed E-state index contributed by atoms with van der Waals surface area (Å²) in [4.78, 5) is 1.60. The van der Waals surface area contributed by atoms with Crippen molar-refractivity contribution < 1.29 is 0 Å². The van der Waals surface area contributed by atoms with E-state index in [0.717, 1.165) is 22.5 Å². The standard InChI is InChI=1S/C12H12N6/c1-8-6-15-18(17-8)10-4-2-9(3-5-10)11-7-14-16-12(11)13/h2-7H,1H3,(H3,13,14,16). The highest BCUT2D eigenvalue weighted by Crippen LogP contribution is 2.24. The van der Waals surface area contributed by atoms with Crippen LogP contribution >= 0.6 is 0 Å². The molecule has 2 aromatic heterocycles. The lowest BCUT2D eigenvalue weighted by Crippen LogP contribution is -1.98. The summed E-state index contributed by atoms with van der Waals surface area (Å²) in [5.74, 6) is 0.566. The van der Waals surface area contributed by atoms with Crippen LogP contribution in [0, 0.1) is 6.92 Å². The number of nitrogens with two attached hydrogens (primary N) is 1. The van der Waals surface area contributed by atoms with E-state index in [0.29, 0.717) is 5.82 Å². The number of anilines is 1. The van der Waals surface area contributed by atoms with E-state index in [1.54, 1.807) is 17.2 Å². The minimum absolute atomic E-state index is 0.566. The molecule has 2 heterocycles. The van der Waals surface area contributed by atoms with Gasteiger partial charge in [0.15, 0.2) is 0 Å². The molecule has 1 aromatic carbocycles. The molecule has 3 N–H and O–H groups in total. The Morgan fingerprint density at radius 1 is 1.17 bits per heavy atom. The van der Waals surface area contributed by atoms with Gasteiger partial charge in [-0.2, -0.15) is 20.1 Å². The van der Waals surface area contributed by atoms with Crippen molar-refractivity contribution in [2.24, 2.45) is 0 Å². The van der Waals surface area contributed by atoms with Gasteiger partial charge in [0.2, 0.25) is 0 Å². The van der Waals surface area contributed by atoms with Crippen LogP contribution in [0.4, 0.5) is 5.82 Å². The number of hydrogen-bond donors (Lipinski definition) is 2. The van der Waals surface area contributed by atoms with Gasteiger partial charge in [0.05, 0.1) is 23.8 Å². The Bertz CT molecular complexity index is 664. The van der Waals surface area contributed by atoms with Gasteiger partial charge < -0.3 is 5.73 Å². The van der Waals surface area contributed by atoms with Gasteiger partial charge in [0, 0.05) is 5.56 Å². The molecule has 0 amide bonds. The number of aryl methyl sites for hydroxylation is 1. The zero-order valence-electron chi connectivity index (χ0n) is 9.83. The molecule has 3 rings (SSSR count). The maximum absolute atomic E-state index is 5.78. The molecular weight excluding hydrogens is 228 g/mol. The first-order valence-electron chi connectivity index (χ1n) is 5.52. The number of nitrogen functional groups attached to an aromatic ring is 1. The summed E-state index contributed by atoms with van der Waals surface area (Å²) in [6, 6.07) is 7.83. The van der Waals surface area contributed by atoms with Gasteiger partial charge in [-0.05, 0) is 24.6 Å². The van der Waals surface area contributed by atoms with Crippen LogP contribution in [-0.4, -0.2) is 25.2 Å². The molecule has 0 spiro atoms. The highest BCUT2D eigenvalue weighted by molar-refractivity contribution is 5.73. The Morgan fingerprint density at radius 2 is 1.94 bits per heavy atom. The fourth-order valence-corrected chi connectivity index (χ4v) is 1.76. The van der Waals surface area contributed by atoms with Crippen LogP contribution < -0.4 is 5.73 Å². The van der Waals surface area contributed by atoms with Gasteiger partial charge in [0.1, 0.15) is 5.82 Å². The molecule has 0 radical (unpaired) electrons. The highest BCUT2D eigenvalue weighted by atomic mass is 15.5. The second kappa shape index (κ2) is 3.99. The predicted molar refractivity (Wildman–Crippen MR) is 68.1 cm³/mol. The van der Waals surface area contributed by atoms with Crippen LogP contribution in [0.2, 0.25) is 0 Å². The minimum atomic E-state index is 0.566. The first-order chi connectivity index (χ1) is 8.74. The van der Waals surface area contributed by atoms with Crippen LogP contribution in [0.15, 0.2) is 36.7 Å². The van der Waals surface area contributed by atoms with Crippen LogP contribution in [0.1, 0.15) is 5.69 Å². The predicted octanol–water partition coefficient (Wildman–Crippen LogP) is 1.55. The average molecular weight is 240 g/mol. The van der Waals surface area contributed by atoms with Crippen LogP contribution in [0.3, 0.4) is 0 Å². The first-order valence-corrected chi connectivity index (χ1v) is 5.52. The van der Waals surface area contributed by atoms with E-state index in [1.807, 2.05) is 31.2 Å². The summed E-state index contributed by atoms with van der Waals surface area (Å²) in [5, 5.41) is 15.0. The van der Waals surface area contributed by atoms with E-state index in [2.05, 4.69) is 20.4 Å². The molecule has 90 valence electrons. The number of aromatic amines is 1. The summed E-state index contributed by atoms with van der Waals surface area (Å²) < 4.78 is 0.